The Balaban J connectivity index is 0.00000312. The number of rotatable bonds is 7. The lowest BCUT2D eigenvalue weighted by Crippen LogP contribution is -2.42. The molecule has 25 heavy (non-hydrogen) atoms. The van der Waals surface area contributed by atoms with E-state index in [1.807, 2.05) is 13.8 Å². The van der Waals surface area contributed by atoms with Gasteiger partial charge in [-0.15, -0.1) is 12.4 Å². The number of hydrogen-bond acceptors (Lipinski definition) is 4. The molecule has 6 nitrogen and oxygen atoms in total. The molecule has 1 fully saturated rings. The van der Waals surface area contributed by atoms with Crippen LogP contribution in [-0.2, 0) is 10.0 Å². The van der Waals surface area contributed by atoms with Gasteiger partial charge in [0.2, 0.25) is 10.0 Å². The van der Waals surface area contributed by atoms with E-state index in [9.17, 15) is 13.2 Å². The number of carbonyl (C=O) groups is 1. The summed E-state index contributed by atoms with van der Waals surface area (Å²) >= 11 is 0. The van der Waals surface area contributed by atoms with Gasteiger partial charge in [0.15, 0.2) is 0 Å². The Morgan fingerprint density at radius 3 is 2.72 bits per heavy atom. The SMILES string of the molecule is CCNCCNC(=O)c1cccc(S(=O)(=O)N2CCCCC2C)c1.Cl. The van der Waals surface area contributed by atoms with Crippen molar-refractivity contribution >= 4 is 28.3 Å². The topological polar surface area (TPSA) is 78.5 Å². The fourth-order valence-electron chi connectivity index (χ4n) is 2.91. The van der Waals surface area contributed by atoms with Crippen molar-refractivity contribution in [2.24, 2.45) is 0 Å². The predicted molar refractivity (Wildman–Crippen MR) is 102 cm³/mol. The smallest absolute Gasteiger partial charge is 0.251 e. The highest BCUT2D eigenvalue weighted by Gasteiger charge is 2.31. The molecule has 1 aliphatic heterocycles. The number of sulfonamides is 1. The maximum Gasteiger partial charge on any atom is 0.251 e. The summed E-state index contributed by atoms with van der Waals surface area (Å²) in [5.41, 5.74) is 0.372. The average molecular weight is 390 g/mol. The zero-order chi connectivity index (χ0) is 17.6. The van der Waals surface area contributed by atoms with Crippen molar-refractivity contribution in [3.05, 3.63) is 29.8 Å². The number of amides is 1. The van der Waals surface area contributed by atoms with Crippen molar-refractivity contribution < 1.29 is 13.2 Å². The number of piperidine rings is 1. The maximum atomic E-state index is 12.9. The van der Waals surface area contributed by atoms with Gasteiger partial charge in [-0.1, -0.05) is 19.4 Å². The summed E-state index contributed by atoms with van der Waals surface area (Å²) in [6, 6.07) is 6.30. The molecule has 0 aromatic heterocycles. The maximum absolute atomic E-state index is 12.9. The molecule has 142 valence electrons. The van der Waals surface area contributed by atoms with Crippen molar-refractivity contribution in [2.45, 2.75) is 44.0 Å². The summed E-state index contributed by atoms with van der Waals surface area (Å²) in [7, 11) is -3.56. The van der Waals surface area contributed by atoms with Gasteiger partial charge in [0.1, 0.15) is 0 Å². The van der Waals surface area contributed by atoms with Crippen LogP contribution < -0.4 is 10.6 Å². The van der Waals surface area contributed by atoms with Gasteiger partial charge >= 0.3 is 0 Å². The van der Waals surface area contributed by atoms with Crippen LogP contribution in [0.15, 0.2) is 29.2 Å². The van der Waals surface area contributed by atoms with E-state index >= 15 is 0 Å². The fourth-order valence-corrected chi connectivity index (χ4v) is 4.65. The summed E-state index contributed by atoms with van der Waals surface area (Å²) in [5, 5.41) is 5.91. The van der Waals surface area contributed by atoms with Crippen LogP contribution in [0.25, 0.3) is 0 Å². The number of halogens is 1. The first-order valence-electron chi connectivity index (χ1n) is 8.57. The van der Waals surface area contributed by atoms with E-state index in [0.29, 0.717) is 25.2 Å². The third-order valence-electron chi connectivity index (χ3n) is 4.28. The lowest BCUT2D eigenvalue weighted by atomic mass is 10.1. The zero-order valence-electron chi connectivity index (χ0n) is 14.8. The second-order valence-electron chi connectivity index (χ2n) is 6.10. The molecule has 1 aromatic rings. The highest BCUT2D eigenvalue weighted by atomic mass is 35.5. The van der Waals surface area contributed by atoms with Crippen LogP contribution in [-0.4, -0.2) is 50.9 Å². The molecule has 0 saturated carbocycles. The Morgan fingerprint density at radius 2 is 2.04 bits per heavy atom. The van der Waals surface area contributed by atoms with Gasteiger partial charge in [0.05, 0.1) is 4.90 Å². The molecular weight excluding hydrogens is 362 g/mol. The van der Waals surface area contributed by atoms with Gasteiger partial charge in [-0.25, -0.2) is 8.42 Å². The minimum atomic E-state index is -3.56. The van der Waals surface area contributed by atoms with Crippen LogP contribution in [0.2, 0.25) is 0 Å². The first-order valence-corrected chi connectivity index (χ1v) is 10.0. The van der Waals surface area contributed by atoms with Crippen molar-refractivity contribution in [2.75, 3.05) is 26.2 Å². The van der Waals surface area contributed by atoms with Crippen molar-refractivity contribution in [3.8, 4) is 0 Å². The molecule has 0 aliphatic carbocycles. The number of hydrogen-bond donors (Lipinski definition) is 2. The first-order chi connectivity index (χ1) is 11.5. The highest BCUT2D eigenvalue weighted by molar-refractivity contribution is 7.89. The van der Waals surface area contributed by atoms with E-state index in [-0.39, 0.29) is 29.3 Å². The predicted octanol–water partition coefficient (Wildman–Crippen LogP) is 2.01. The van der Waals surface area contributed by atoms with Gasteiger partial charge in [-0.3, -0.25) is 4.79 Å². The van der Waals surface area contributed by atoms with Crippen LogP contribution in [0.3, 0.4) is 0 Å². The minimum absolute atomic E-state index is 0. The van der Waals surface area contributed by atoms with Crippen LogP contribution in [0.1, 0.15) is 43.5 Å². The molecule has 1 aliphatic rings. The molecule has 1 unspecified atom stereocenters. The molecule has 0 spiro atoms. The van der Waals surface area contributed by atoms with Crippen LogP contribution in [0, 0.1) is 0 Å². The van der Waals surface area contributed by atoms with Crippen LogP contribution >= 0.6 is 12.4 Å². The summed E-state index contributed by atoms with van der Waals surface area (Å²) in [6.45, 7) is 6.52. The first kappa shape index (κ1) is 21.9. The highest BCUT2D eigenvalue weighted by Crippen LogP contribution is 2.25. The molecule has 1 atom stereocenters. The number of nitrogens with one attached hydrogen (secondary N) is 2. The van der Waals surface area contributed by atoms with Gasteiger partial charge in [-0.05, 0) is 44.5 Å². The standard InChI is InChI=1S/C17H27N3O3S.ClH/c1-3-18-10-11-19-17(21)15-8-6-9-16(13-15)24(22,23)20-12-5-4-7-14(20)2;/h6,8-9,13-14,18H,3-5,7,10-12H2,1-2H3,(H,19,21);1H. The summed E-state index contributed by atoms with van der Waals surface area (Å²) < 4.78 is 27.3. The molecule has 0 radical (unpaired) electrons. The molecule has 1 saturated heterocycles. The number of nitrogens with zero attached hydrogens (tertiary/aromatic N) is 1. The van der Waals surface area contributed by atoms with Gasteiger partial charge in [-0.2, -0.15) is 4.31 Å². The molecule has 2 rings (SSSR count). The quantitative estimate of drug-likeness (QED) is 0.699. The average Bonchev–Trinajstić information content (AvgIpc) is 2.59. The normalized spacial score (nSPS) is 18.4. The molecule has 1 heterocycles. The van der Waals surface area contributed by atoms with Crippen molar-refractivity contribution in [3.63, 3.8) is 0 Å². The van der Waals surface area contributed by atoms with E-state index in [1.54, 1.807) is 22.5 Å². The molecule has 0 bridgehead atoms. The second kappa shape index (κ2) is 10.1. The Kier molecular flexibility index (Phi) is 8.85. The summed E-state index contributed by atoms with van der Waals surface area (Å²) in [5.74, 6) is -0.253. The Hall–Kier alpha value is -1.15. The molecule has 1 amide bonds. The summed E-state index contributed by atoms with van der Waals surface area (Å²) in [4.78, 5) is 12.4. The number of carbonyl (C=O) groups excluding carboxylic acids is 1. The molecule has 1 aromatic carbocycles. The van der Waals surface area contributed by atoms with Gasteiger partial charge in [0, 0.05) is 31.2 Å². The Bertz CT molecular complexity index is 667. The minimum Gasteiger partial charge on any atom is -0.351 e. The van der Waals surface area contributed by atoms with Crippen LogP contribution in [0.5, 0.6) is 0 Å². The summed E-state index contributed by atoms with van der Waals surface area (Å²) in [6.07, 6.45) is 2.82. The Labute approximate surface area is 156 Å². The van der Waals surface area contributed by atoms with E-state index in [1.165, 1.54) is 6.07 Å². The molecule has 2 N–H and O–H groups in total. The van der Waals surface area contributed by atoms with E-state index in [0.717, 1.165) is 25.8 Å². The lowest BCUT2D eigenvalue weighted by molar-refractivity contribution is 0.0953. The van der Waals surface area contributed by atoms with Crippen molar-refractivity contribution in [1.29, 1.82) is 0 Å². The Morgan fingerprint density at radius 1 is 1.28 bits per heavy atom. The zero-order valence-corrected chi connectivity index (χ0v) is 16.5. The van der Waals surface area contributed by atoms with E-state index < -0.39 is 10.0 Å². The fraction of sp³-hybridized carbons (Fsp3) is 0.588. The molecular formula is C17H28ClN3O3S. The third kappa shape index (κ3) is 5.67. The lowest BCUT2D eigenvalue weighted by Gasteiger charge is -2.32. The van der Waals surface area contributed by atoms with Crippen molar-refractivity contribution in [1.82, 2.24) is 14.9 Å². The largest absolute Gasteiger partial charge is 0.351 e. The number of likely N-dealkylation sites (N-methyl/N-ethyl adjacent to an activating group) is 1. The van der Waals surface area contributed by atoms with Crippen LogP contribution in [0.4, 0.5) is 0 Å². The molecule has 8 heteroatoms. The third-order valence-corrected chi connectivity index (χ3v) is 6.29. The monoisotopic (exact) mass is 389 g/mol. The van der Waals surface area contributed by atoms with E-state index in [2.05, 4.69) is 10.6 Å². The second-order valence-corrected chi connectivity index (χ2v) is 7.99. The van der Waals surface area contributed by atoms with Gasteiger partial charge < -0.3 is 10.6 Å². The van der Waals surface area contributed by atoms with E-state index in [4.69, 9.17) is 0 Å². The number of benzene rings is 1. The van der Waals surface area contributed by atoms with Gasteiger partial charge in [0.25, 0.3) is 5.91 Å².